The van der Waals surface area contributed by atoms with E-state index in [0.717, 1.165) is 34.9 Å². The van der Waals surface area contributed by atoms with Crippen molar-refractivity contribution in [1.82, 2.24) is 9.62 Å². The van der Waals surface area contributed by atoms with Crippen molar-refractivity contribution in [3.05, 3.63) is 58.6 Å². The summed E-state index contributed by atoms with van der Waals surface area (Å²) in [6.45, 7) is 3.10. The number of carbonyl (C=O) groups is 1. The van der Waals surface area contributed by atoms with Gasteiger partial charge in [-0.05, 0) is 42.9 Å². The van der Waals surface area contributed by atoms with Crippen molar-refractivity contribution in [2.24, 2.45) is 5.92 Å². The molecule has 0 spiro atoms. The predicted octanol–water partition coefficient (Wildman–Crippen LogP) is 3.57. The first-order valence-corrected chi connectivity index (χ1v) is 12.1. The van der Waals surface area contributed by atoms with Gasteiger partial charge in [0.1, 0.15) is 0 Å². The van der Waals surface area contributed by atoms with Crippen LogP contribution in [0.5, 0.6) is 0 Å². The first kappa shape index (κ1) is 20.4. The van der Waals surface area contributed by atoms with E-state index >= 15 is 0 Å². The van der Waals surface area contributed by atoms with E-state index in [0.29, 0.717) is 24.5 Å². The number of benzene rings is 2. The average Bonchev–Trinajstić information content (AvgIpc) is 3.31. The molecule has 2 aromatic carbocycles. The minimum Gasteiger partial charge on any atom is -0.341 e. The molecule has 7 heteroatoms. The smallest absolute Gasteiger partial charge is 0.226 e. The molecule has 0 bridgehead atoms. The molecule has 154 valence electrons. The molecule has 0 radical (unpaired) electrons. The fourth-order valence-electron chi connectivity index (χ4n) is 4.31. The van der Waals surface area contributed by atoms with Crippen LogP contribution in [0, 0.1) is 12.8 Å². The van der Waals surface area contributed by atoms with Crippen molar-refractivity contribution < 1.29 is 13.2 Å². The van der Waals surface area contributed by atoms with Gasteiger partial charge in [0, 0.05) is 35.6 Å². The largest absolute Gasteiger partial charge is 0.341 e. The molecule has 3 unspecified atom stereocenters. The third kappa shape index (κ3) is 4.49. The fourth-order valence-corrected chi connectivity index (χ4v) is 5.35. The van der Waals surface area contributed by atoms with E-state index in [1.165, 1.54) is 0 Å². The number of hydrogen-bond acceptors (Lipinski definition) is 3. The number of nitrogens with zero attached hydrogens (tertiary/aromatic N) is 1. The molecule has 0 aromatic heterocycles. The highest BCUT2D eigenvalue weighted by molar-refractivity contribution is 7.88. The van der Waals surface area contributed by atoms with Crippen LogP contribution in [-0.2, 0) is 14.8 Å². The molecular weight excluding hydrogens is 408 g/mol. The van der Waals surface area contributed by atoms with Gasteiger partial charge in [-0.25, -0.2) is 13.1 Å². The Balaban J connectivity index is 1.51. The molecule has 4 rings (SSSR count). The van der Waals surface area contributed by atoms with E-state index in [1.807, 2.05) is 24.3 Å². The summed E-state index contributed by atoms with van der Waals surface area (Å²) in [6.07, 6.45) is 2.63. The molecule has 2 aliphatic rings. The van der Waals surface area contributed by atoms with Gasteiger partial charge >= 0.3 is 0 Å². The summed E-state index contributed by atoms with van der Waals surface area (Å²) in [4.78, 5) is 14.8. The summed E-state index contributed by atoms with van der Waals surface area (Å²) in [6, 6.07) is 13.9. The Morgan fingerprint density at radius 3 is 2.66 bits per heavy atom. The van der Waals surface area contributed by atoms with Crippen LogP contribution in [-0.4, -0.2) is 44.6 Å². The lowest BCUT2D eigenvalue weighted by Gasteiger charge is -2.17. The lowest BCUT2D eigenvalue weighted by Crippen LogP contribution is -2.38. The van der Waals surface area contributed by atoms with E-state index in [1.54, 1.807) is 4.90 Å². The van der Waals surface area contributed by atoms with Gasteiger partial charge in [0.05, 0.1) is 6.26 Å². The SMILES string of the molecule is Cc1ccc(C2CC2C(=O)N2CCC(NS(C)(=O)=O)C2)c(-c2ccccc2Cl)c1. The molecular formula is C22H25ClN2O3S. The van der Waals surface area contributed by atoms with E-state index in [2.05, 4.69) is 29.8 Å². The Hall–Kier alpha value is -1.89. The highest BCUT2D eigenvalue weighted by Gasteiger charge is 2.47. The second-order valence-electron chi connectivity index (χ2n) is 8.18. The number of amides is 1. The van der Waals surface area contributed by atoms with Crippen LogP contribution in [0.3, 0.4) is 0 Å². The van der Waals surface area contributed by atoms with Crippen LogP contribution in [0.15, 0.2) is 42.5 Å². The van der Waals surface area contributed by atoms with Gasteiger partial charge in [0.2, 0.25) is 15.9 Å². The summed E-state index contributed by atoms with van der Waals surface area (Å²) in [5.74, 6) is 0.255. The Labute approximate surface area is 177 Å². The summed E-state index contributed by atoms with van der Waals surface area (Å²) in [5.41, 5.74) is 4.40. The maximum absolute atomic E-state index is 13.0. The number of likely N-dealkylation sites (tertiary alicyclic amines) is 1. The Morgan fingerprint density at radius 1 is 1.17 bits per heavy atom. The minimum atomic E-state index is -3.26. The minimum absolute atomic E-state index is 0.0454. The number of rotatable bonds is 5. The quantitative estimate of drug-likeness (QED) is 0.785. The summed E-state index contributed by atoms with van der Waals surface area (Å²) in [7, 11) is -3.26. The lowest BCUT2D eigenvalue weighted by molar-refractivity contribution is -0.131. The van der Waals surface area contributed by atoms with Crippen LogP contribution in [0.4, 0.5) is 0 Å². The number of aryl methyl sites for hydroxylation is 1. The number of sulfonamides is 1. The molecule has 2 fully saturated rings. The first-order valence-electron chi connectivity index (χ1n) is 9.84. The first-order chi connectivity index (χ1) is 13.7. The highest BCUT2D eigenvalue weighted by atomic mass is 35.5. The zero-order valence-electron chi connectivity index (χ0n) is 16.6. The average molecular weight is 433 g/mol. The number of halogens is 1. The summed E-state index contributed by atoms with van der Waals surface area (Å²) in [5, 5.41) is 0.706. The van der Waals surface area contributed by atoms with Crippen LogP contribution in [0.2, 0.25) is 5.02 Å². The van der Waals surface area contributed by atoms with Gasteiger partial charge in [-0.1, -0.05) is 53.6 Å². The highest BCUT2D eigenvalue weighted by Crippen LogP contribution is 2.52. The third-order valence-corrected chi connectivity index (χ3v) is 6.85. The fraction of sp³-hybridized carbons (Fsp3) is 0.409. The van der Waals surface area contributed by atoms with Crippen LogP contribution in [0.1, 0.15) is 29.9 Å². The molecule has 5 nitrogen and oxygen atoms in total. The predicted molar refractivity (Wildman–Crippen MR) is 115 cm³/mol. The van der Waals surface area contributed by atoms with Gasteiger partial charge in [-0.3, -0.25) is 4.79 Å². The Bertz CT molecular complexity index is 1050. The molecule has 1 aliphatic heterocycles. The van der Waals surface area contributed by atoms with Crippen molar-refractivity contribution in [2.75, 3.05) is 19.3 Å². The molecule has 1 heterocycles. The topological polar surface area (TPSA) is 66.5 Å². The molecule has 1 aliphatic carbocycles. The Morgan fingerprint density at radius 2 is 1.93 bits per heavy atom. The van der Waals surface area contributed by atoms with Crippen molar-refractivity contribution in [3.8, 4) is 11.1 Å². The lowest BCUT2D eigenvalue weighted by atomic mass is 9.94. The van der Waals surface area contributed by atoms with E-state index in [9.17, 15) is 13.2 Å². The van der Waals surface area contributed by atoms with E-state index < -0.39 is 10.0 Å². The van der Waals surface area contributed by atoms with Crippen molar-refractivity contribution in [2.45, 2.75) is 31.7 Å². The van der Waals surface area contributed by atoms with Gasteiger partial charge in [-0.2, -0.15) is 0 Å². The zero-order valence-corrected chi connectivity index (χ0v) is 18.1. The molecule has 1 saturated heterocycles. The third-order valence-electron chi connectivity index (χ3n) is 5.76. The van der Waals surface area contributed by atoms with Crippen LogP contribution >= 0.6 is 11.6 Å². The standard InChI is InChI=1S/C22H25ClN2O3S/c1-14-7-8-16(18(11-14)17-5-3-4-6-21(17)23)19-12-20(19)22(26)25-10-9-15(13-25)24-29(2,27)28/h3-8,11,15,19-20,24H,9-10,12-13H2,1-2H3. The van der Waals surface area contributed by atoms with Crippen LogP contribution < -0.4 is 4.72 Å². The van der Waals surface area contributed by atoms with E-state index in [-0.39, 0.29) is 23.8 Å². The monoisotopic (exact) mass is 432 g/mol. The second kappa shape index (κ2) is 7.74. The van der Waals surface area contributed by atoms with Crippen molar-refractivity contribution in [1.29, 1.82) is 0 Å². The molecule has 29 heavy (non-hydrogen) atoms. The molecule has 1 N–H and O–H groups in total. The van der Waals surface area contributed by atoms with Crippen LogP contribution in [0.25, 0.3) is 11.1 Å². The number of hydrogen-bond donors (Lipinski definition) is 1. The van der Waals surface area contributed by atoms with Gasteiger partial charge < -0.3 is 4.90 Å². The van der Waals surface area contributed by atoms with Crippen molar-refractivity contribution >= 4 is 27.5 Å². The Kier molecular flexibility index (Phi) is 5.44. The summed E-state index contributed by atoms with van der Waals surface area (Å²) >= 11 is 6.45. The summed E-state index contributed by atoms with van der Waals surface area (Å²) < 4.78 is 25.5. The van der Waals surface area contributed by atoms with E-state index in [4.69, 9.17) is 11.6 Å². The van der Waals surface area contributed by atoms with Gasteiger partial charge in [-0.15, -0.1) is 0 Å². The molecule has 3 atom stereocenters. The second-order valence-corrected chi connectivity index (χ2v) is 10.4. The maximum atomic E-state index is 13.0. The van der Waals surface area contributed by atoms with Gasteiger partial charge in [0.15, 0.2) is 0 Å². The molecule has 2 aromatic rings. The number of carbonyl (C=O) groups excluding carboxylic acids is 1. The normalized spacial score (nSPS) is 24.0. The molecule has 1 amide bonds. The number of nitrogens with one attached hydrogen (secondary N) is 1. The van der Waals surface area contributed by atoms with Gasteiger partial charge in [0.25, 0.3) is 0 Å². The van der Waals surface area contributed by atoms with Crippen molar-refractivity contribution in [3.63, 3.8) is 0 Å². The molecule has 1 saturated carbocycles. The maximum Gasteiger partial charge on any atom is 0.226 e. The zero-order chi connectivity index (χ0) is 20.8.